The van der Waals surface area contributed by atoms with Crippen LogP contribution in [0.15, 0.2) is 34.9 Å². The summed E-state index contributed by atoms with van der Waals surface area (Å²) < 4.78 is 10.4. The monoisotopic (exact) mass is 220 g/mol. The molecule has 1 unspecified atom stereocenters. The van der Waals surface area contributed by atoms with E-state index in [4.69, 9.17) is 9.47 Å². The molecule has 2 aliphatic rings. The van der Waals surface area contributed by atoms with E-state index in [2.05, 4.69) is 0 Å². The van der Waals surface area contributed by atoms with Gasteiger partial charge in [0.25, 0.3) is 5.79 Å². The van der Waals surface area contributed by atoms with Crippen molar-refractivity contribution >= 4 is 11.8 Å². The lowest BCUT2D eigenvalue weighted by Crippen LogP contribution is -2.42. The fourth-order valence-electron chi connectivity index (χ4n) is 1.90. The Bertz CT molecular complexity index is 467. The number of hydrogen-bond donors (Lipinski definition) is 0. The summed E-state index contributed by atoms with van der Waals surface area (Å²) in [6.07, 6.45) is 4.35. The van der Waals surface area contributed by atoms with E-state index in [1.807, 2.05) is 0 Å². The molecular weight excluding hydrogens is 208 g/mol. The van der Waals surface area contributed by atoms with E-state index in [0.717, 1.165) is 0 Å². The van der Waals surface area contributed by atoms with E-state index < -0.39 is 11.8 Å². The predicted molar refractivity (Wildman–Crippen MR) is 56.4 cm³/mol. The van der Waals surface area contributed by atoms with Crippen LogP contribution in [0.1, 0.15) is 13.8 Å². The second kappa shape index (κ2) is 3.42. The van der Waals surface area contributed by atoms with Gasteiger partial charge in [-0.2, -0.15) is 0 Å². The SMILES string of the molecule is COC12C=C(C)C(=O)C=C1C(C)=CC(=O)O2. The van der Waals surface area contributed by atoms with Crippen molar-refractivity contribution in [2.24, 2.45) is 0 Å². The molecule has 0 N–H and O–H groups in total. The number of ether oxygens (including phenoxy) is 2. The Kier molecular flexibility index (Phi) is 2.31. The van der Waals surface area contributed by atoms with Crippen LogP contribution in [-0.2, 0) is 19.1 Å². The highest BCUT2D eigenvalue weighted by Gasteiger charge is 2.43. The highest BCUT2D eigenvalue weighted by molar-refractivity contribution is 6.06. The summed E-state index contributed by atoms with van der Waals surface area (Å²) >= 11 is 0. The standard InChI is InChI=1S/C12H12O4/c1-7-4-11(14)16-12(15-3)6-8(2)10(13)5-9(7)12/h4-6H,1-3H3. The van der Waals surface area contributed by atoms with Crippen molar-refractivity contribution in [3.8, 4) is 0 Å². The van der Waals surface area contributed by atoms with Gasteiger partial charge in [0.15, 0.2) is 5.78 Å². The van der Waals surface area contributed by atoms with Crippen LogP contribution < -0.4 is 0 Å². The maximum Gasteiger partial charge on any atom is 0.334 e. The van der Waals surface area contributed by atoms with Gasteiger partial charge in [-0.15, -0.1) is 0 Å². The zero-order valence-corrected chi connectivity index (χ0v) is 9.37. The quantitative estimate of drug-likeness (QED) is 0.625. The largest absolute Gasteiger partial charge is 0.421 e. The van der Waals surface area contributed by atoms with Gasteiger partial charge in [-0.1, -0.05) is 0 Å². The number of ketones is 1. The van der Waals surface area contributed by atoms with Crippen molar-refractivity contribution in [3.05, 3.63) is 34.9 Å². The Morgan fingerprint density at radius 3 is 2.50 bits per heavy atom. The molecule has 0 radical (unpaired) electrons. The molecular formula is C12H12O4. The summed E-state index contributed by atoms with van der Waals surface area (Å²) in [5, 5.41) is 0. The van der Waals surface area contributed by atoms with Gasteiger partial charge in [0.1, 0.15) is 0 Å². The molecule has 84 valence electrons. The number of esters is 1. The minimum atomic E-state index is -1.23. The van der Waals surface area contributed by atoms with Crippen LogP contribution in [0.4, 0.5) is 0 Å². The number of hydrogen-bond acceptors (Lipinski definition) is 4. The molecule has 1 aliphatic carbocycles. The zero-order valence-electron chi connectivity index (χ0n) is 9.37. The Morgan fingerprint density at radius 1 is 1.19 bits per heavy atom. The van der Waals surface area contributed by atoms with E-state index in [0.29, 0.717) is 16.7 Å². The van der Waals surface area contributed by atoms with E-state index >= 15 is 0 Å². The molecule has 1 heterocycles. The van der Waals surface area contributed by atoms with E-state index in [9.17, 15) is 9.59 Å². The first-order chi connectivity index (χ1) is 7.48. The van der Waals surface area contributed by atoms with Gasteiger partial charge in [-0.25, -0.2) is 4.79 Å². The molecule has 0 fully saturated rings. The molecule has 2 rings (SSSR count). The molecule has 0 amide bonds. The zero-order chi connectivity index (χ0) is 11.9. The Balaban J connectivity index is 2.61. The molecule has 0 aromatic heterocycles. The van der Waals surface area contributed by atoms with Crippen LogP contribution in [0.2, 0.25) is 0 Å². The number of methoxy groups -OCH3 is 1. The first-order valence-electron chi connectivity index (χ1n) is 4.91. The molecule has 0 bridgehead atoms. The van der Waals surface area contributed by atoms with Crippen molar-refractivity contribution in [3.63, 3.8) is 0 Å². The van der Waals surface area contributed by atoms with Gasteiger partial charge < -0.3 is 9.47 Å². The van der Waals surface area contributed by atoms with Crippen LogP contribution in [0, 0.1) is 0 Å². The van der Waals surface area contributed by atoms with Crippen LogP contribution >= 0.6 is 0 Å². The third kappa shape index (κ3) is 1.42. The van der Waals surface area contributed by atoms with E-state index in [1.165, 1.54) is 19.3 Å². The van der Waals surface area contributed by atoms with Crippen LogP contribution in [0.3, 0.4) is 0 Å². The maximum atomic E-state index is 11.6. The van der Waals surface area contributed by atoms with Crippen molar-refractivity contribution in [2.75, 3.05) is 7.11 Å². The minimum absolute atomic E-state index is 0.0895. The van der Waals surface area contributed by atoms with Gasteiger partial charge in [0.05, 0.1) is 0 Å². The van der Waals surface area contributed by atoms with Gasteiger partial charge >= 0.3 is 5.97 Å². The van der Waals surface area contributed by atoms with Gasteiger partial charge in [0, 0.05) is 18.8 Å². The Hall–Kier alpha value is -1.68. The van der Waals surface area contributed by atoms with E-state index in [-0.39, 0.29) is 5.78 Å². The van der Waals surface area contributed by atoms with Crippen molar-refractivity contribution in [2.45, 2.75) is 19.6 Å². The molecule has 0 aromatic rings. The first kappa shape index (κ1) is 10.8. The lowest BCUT2D eigenvalue weighted by Gasteiger charge is -2.36. The first-order valence-corrected chi connectivity index (χ1v) is 4.91. The lowest BCUT2D eigenvalue weighted by atomic mass is 9.87. The van der Waals surface area contributed by atoms with Crippen LogP contribution in [0.25, 0.3) is 0 Å². The van der Waals surface area contributed by atoms with Crippen LogP contribution in [-0.4, -0.2) is 24.6 Å². The van der Waals surface area contributed by atoms with Gasteiger partial charge in [-0.05, 0) is 37.1 Å². The molecule has 1 aliphatic heterocycles. The molecule has 4 nitrogen and oxygen atoms in total. The average Bonchev–Trinajstić information content (AvgIpc) is 2.21. The molecule has 0 saturated heterocycles. The fourth-order valence-corrected chi connectivity index (χ4v) is 1.90. The third-order valence-corrected chi connectivity index (χ3v) is 2.76. The number of carbonyl (C=O) groups excluding carboxylic acids is 2. The molecule has 0 aromatic carbocycles. The second-order valence-electron chi connectivity index (χ2n) is 3.87. The summed E-state index contributed by atoms with van der Waals surface area (Å²) in [6.45, 7) is 3.42. The number of allylic oxidation sites excluding steroid dienone is 2. The maximum absolute atomic E-state index is 11.6. The second-order valence-corrected chi connectivity index (χ2v) is 3.87. The summed E-state index contributed by atoms with van der Waals surface area (Å²) in [5.74, 6) is -1.78. The Morgan fingerprint density at radius 2 is 1.88 bits per heavy atom. The predicted octanol–water partition coefficient (Wildman–Crippen LogP) is 1.29. The Labute approximate surface area is 93.2 Å². The van der Waals surface area contributed by atoms with Gasteiger partial charge in [0.2, 0.25) is 0 Å². The summed E-state index contributed by atoms with van der Waals surface area (Å²) in [6, 6.07) is 0. The third-order valence-electron chi connectivity index (χ3n) is 2.76. The molecule has 16 heavy (non-hydrogen) atoms. The molecule has 0 saturated carbocycles. The summed E-state index contributed by atoms with van der Waals surface area (Å²) in [4.78, 5) is 22.9. The smallest absolute Gasteiger partial charge is 0.334 e. The summed E-state index contributed by atoms with van der Waals surface area (Å²) in [7, 11) is 1.44. The number of fused-ring (bicyclic) bond motifs is 1. The van der Waals surface area contributed by atoms with Gasteiger partial charge in [-0.3, -0.25) is 4.79 Å². The van der Waals surface area contributed by atoms with E-state index in [1.54, 1.807) is 19.9 Å². The minimum Gasteiger partial charge on any atom is -0.421 e. The highest BCUT2D eigenvalue weighted by atomic mass is 16.7. The van der Waals surface area contributed by atoms with Crippen molar-refractivity contribution < 1.29 is 19.1 Å². The summed E-state index contributed by atoms with van der Waals surface area (Å²) in [5.41, 5.74) is 1.79. The highest BCUT2D eigenvalue weighted by Crippen LogP contribution is 2.37. The average molecular weight is 220 g/mol. The molecule has 4 heteroatoms. The normalized spacial score (nSPS) is 28.8. The fraction of sp³-hybridized carbons (Fsp3) is 0.333. The van der Waals surface area contributed by atoms with Crippen molar-refractivity contribution in [1.82, 2.24) is 0 Å². The number of rotatable bonds is 1. The molecule has 1 atom stereocenters. The lowest BCUT2D eigenvalue weighted by molar-refractivity contribution is -0.184. The van der Waals surface area contributed by atoms with Crippen molar-refractivity contribution in [1.29, 1.82) is 0 Å². The van der Waals surface area contributed by atoms with Crippen LogP contribution in [0.5, 0.6) is 0 Å². The molecule has 0 spiro atoms. The number of carbonyl (C=O) groups is 2. The topological polar surface area (TPSA) is 52.6 Å².